The molecule has 2 N–H and O–H groups in total. The molecule has 4 nitrogen and oxygen atoms in total. The van der Waals surface area contributed by atoms with E-state index in [0.717, 1.165) is 38.1 Å². The number of rotatable bonds is 2. The molecule has 0 saturated carbocycles. The summed E-state index contributed by atoms with van der Waals surface area (Å²) in [6.45, 7) is 4.63. The summed E-state index contributed by atoms with van der Waals surface area (Å²) in [5.74, 6) is 0.00993. The van der Waals surface area contributed by atoms with Gasteiger partial charge in [0.05, 0.1) is 12.1 Å². The smallest absolute Gasteiger partial charge is 0.251 e. The fourth-order valence-corrected chi connectivity index (χ4v) is 2.79. The minimum absolute atomic E-state index is 0.00993. The van der Waals surface area contributed by atoms with E-state index in [1.807, 2.05) is 19.1 Å². The normalized spacial score (nSPS) is 25.9. The van der Waals surface area contributed by atoms with Crippen molar-refractivity contribution in [2.75, 3.05) is 13.2 Å². The van der Waals surface area contributed by atoms with Crippen molar-refractivity contribution in [3.8, 4) is 0 Å². The van der Waals surface area contributed by atoms with Crippen LogP contribution in [-0.2, 0) is 17.7 Å². The van der Waals surface area contributed by atoms with Crippen LogP contribution in [0.4, 0.5) is 0 Å². The zero-order valence-electron chi connectivity index (χ0n) is 11.2. The van der Waals surface area contributed by atoms with Crippen molar-refractivity contribution in [1.29, 1.82) is 0 Å². The second kappa shape index (κ2) is 5.31. The van der Waals surface area contributed by atoms with E-state index in [4.69, 9.17) is 4.74 Å². The number of nitrogens with one attached hydrogen (secondary N) is 2. The largest absolute Gasteiger partial charge is 0.376 e. The first-order valence-electron chi connectivity index (χ1n) is 6.99. The quantitative estimate of drug-likeness (QED) is 0.841. The third kappa shape index (κ3) is 2.65. The van der Waals surface area contributed by atoms with Crippen LogP contribution in [-0.4, -0.2) is 31.2 Å². The van der Waals surface area contributed by atoms with Crippen LogP contribution in [0.1, 0.15) is 34.8 Å². The first kappa shape index (κ1) is 12.6. The Hall–Kier alpha value is -1.39. The molecule has 1 aromatic rings. The van der Waals surface area contributed by atoms with E-state index in [1.54, 1.807) is 0 Å². The van der Waals surface area contributed by atoms with E-state index < -0.39 is 0 Å². The van der Waals surface area contributed by atoms with E-state index >= 15 is 0 Å². The zero-order valence-corrected chi connectivity index (χ0v) is 11.2. The Morgan fingerprint density at radius 1 is 1.42 bits per heavy atom. The van der Waals surface area contributed by atoms with Crippen molar-refractivity contribution in [1.82, 2.24) is 10.6 Å². The lowest BCUT2D eigenvalue weighted by Gasteiger charge is -2.19. The van der Waals surface area contributed by atoms with Crippen LogP contribution in [0.2, 0.25) is 0 Å². The molecule has 0 spiro atoms. The predicted molar refractivity (Wildman–Crippen MR) is 73.1 cm³/mol. The molecule has 1 aromatic carbocycles. The van der Waals surface area contributed by atoms with E-state index in [1.165, 1.54) is 11.1 Å². The summed E-state index contributed by atoms with van der Waals surface area (Å²) in [6, 6.07) is 6.17. The highest BCUT2D eigenvalue weighted by Gasteiger charge is 2.26. The van der Waals surface area contributed by atoms with Crippen molar-refractivity contribution < 1.29 is 9.53 Å². The van der Waals surface area contributed by atoms with Gasteiger partial charge in [0.1, 0.15) is 0 Å². The van der Waals surface area contributed by atoms with Gasteiger partial charge in [-0.15, -0.1) is 0 Å². The number of hydrogen-bond acceptors (Lipinski definition) is 3. The third-order valence-corrected chi connectivity index (χ3v) is 4.05. The average Bonchev–Trinajstić information content (AvgIpc) is 2.84. The Bertz CT molecular complexity index is 487. The number of benzene rings is 1. The summed E-state index contributed by atoms with van der Waals surface area (Å²) in [5.41, 5.74) is 3.35. The molecule has 2 unspecified atom stereocenters. The van der Waals surface area contributed by atoms with Gasteiger partial charge in [-0.25, -0.2) is 0 Å². The molecule has 4 heteroatoms. The maximum Gasteiger partial charge on any atom is 0.251 e. The molecule has 0 radical (unpaired) electrons. The molecular formula is C15H20N2O2. The fraction of sp³-hybridized carbons (Fsp3) is 0.533. The average molecular weight is 260 g/mol. The van der Waals surface area contributed by atoms with Gasteiger partial charge < -0.3 is 15.4 Å². The van der Waals surface area contributed by atoms with Gasteiger partial charge in [0, 0.05) is 18.7 Å². The van der Waals surface area contributed by atoms with Crippen molar-refractivity contribution in [2.24, 2.45) is 0 Å². The molecule has 0 aromatic heterocycles. The standard InChI is InChI=1S/C15H20N2O2/c1-10-14(5-7-19-10)17-15(18)12-3-2-11-4-6-16-9-13(11)8-12/h2-3,8,10,14,16H,4-7,9H2,1H3,(H,17,18). The molecule has 1 amide bonds. The van der Waals surface area contributed by atoms with Gasteiger partial charge in [-0.05, 0) is 49.6 Å². The Morgan fingerprint density at radius 3 is 3.11 bits per heavy atom. The number of carbonyl (C=O) groups excluding carboxylic acids is 1. The van der Waals surface area contributed by atoms with Crippen LogP contribution >= 0.6 is 0 Å². The summed E-state index contributed by atoms with van der Waals surface area (Å²) < 4.78 is 5.47. The molecule has 102 valence electrons. The molecule has 3 rings (SSSR count). The highest BCUT2D eigenvalue weighted by Crippen LogP contribution is 2.17. The second-order valence-corrected chi connectivity index (χ2v) is 5.35. The number of hydrogen-bond donors (Lipinski definition) is 2. The van der Waals surface area contributed by atoms with Crippen molar-refractivity contribution >= 4 is 5.91 Å². The second-order valence-electron chi connectivity index (χ2n) is 5.35. The Balaban J connectivity index is 1.72. The number of fused-ring (bicyclic) bond motifs is 1. The van der Waals surface area contributed by atoms with Gasteiger partial charge in [0.2, 0.25) is 0 Å². The van der Waals surface area contributed by atoms with Crippen molar-refractivity contribution in [2.45, 2.75) is 38.5 Å². The van der Waals surface area contributed by atoms with Crippen LogP contribution in [0.3, 0.4) is 0 Å². The lowest BCUT2D eigenvalue weighted by atomic mass is 9.98. The number of ether oxygens (including phenoxy) is 1. The van der Waals surface area contributed by atoms with E-state index in [2.05, 4.69) is 16.7 Å². The molecule has 0 aliphatic carbocycles. The first-order chi connectivity index (χ1) is 9.24. The monoisotopic (exact) mass is 260 g/mol. The van der Waals surface area contributed by atoms with Gasteiger partial charge in [-0.1, -0.05) is 6.07 Å². The Morgan fingerprint density at radius 2 is 2.32 bits per heavy atom. The van der Waals surface area contributed by atoms with Gasteiger partial charge in [-0.2, -0.15) is 0 Å². The third-order valence-electron chi connectivity index (χ3n) is 4.05. The van der Waals surface area contributed by atoms with Crippen LogP contribution in [0.25, 0.3) is 0 Å². The van der Waals surface area contributed by atoms with Gasteiger partial charge in [0.25, 0.3) is 5.91 Å². The SMILES string of the molecule is CC1OCCC1NC(=O)c1ccc2c(c1)CNCC2. The maximum absolute atomic E-state index is 12.2. The van der Waals surface area contributed by atoms with Crippen molar-refractivity contribution in [3.05, 3.63) is 34.9 Å². The van der Waals surface area contributed by atoms with Crippen LogP contribution < -0.4 is 10.6 Å². The number of amides is 1. The molecule has 2 heterocycles. The lowest BCUT2D eigenvalue weighted by molar-refractivity contribution is 0.0866. The van der Waals surface area contributed by atoms with E-state index in [9.17, 15) is 4.79 Å². The molecule has 1 fully saturated rings. The van der Waals surface area contributed by atoms with Gasteiger partial charge >= 0.3 is 0 Å². The summed E-state index contributed by atoms with van der Waals surface area (Å²) in [4.78, 5) is 12.2. The van der Waals surface area contributed by atoms with Crippen LogP contribution in [0.5, 0.6) is 0 Å². The maximum atomic E-state index is 12.2. The van der Waals surface area contributed by atoms with Crippen molar-refractivity contribution in [3.63, 3.8) is 0 Å². The van der Waals surface area contributed by atoms with Gasteiger partial charge in [-0.3, -0.25) is 4.79 Å². The topological polar surface area (TPSA) is 50.4 Å². The molecule has 0 bridgehead atoms. The Kier molecular flexibility index (Phi) is 3.53. The minimum Gasteiger partial charge on any atom is -0.376 e. The summed E-state index contributed by atoms with van der Waals surface area (Å²) in [7, 11) is 0. The van der Waals surface area contributed by atoms with E-state index in [0.29, 0.717) is 0 Å². The molecule has 19 heavy (non-hydrogen) atoms. The summed E-state index contributed by atoms with van der Waals surface area (Å²) in [5, 5.41) is 6.40. The molecule has 2 aliphatic rings. The van der Waals surface area contributed by atoms with Gasteiger partial charge in [0.15, 0.2) is 0 Å². The fourth-order valence-electron chi connectivity index (χ4n) is 2.79. The zero-order chi connectivity index (χ0) is 13.2. The summed E-state index contributed by atoms with van der Waals surface area (Å²) >= 11 is 0. The highest BCUT2D eigenvalue weighted by atomic mass is 16.5. The predicted octanol–water partition coefficient (Wildman–Crippen LogP) is 1.24. The van der Waals surface area contributed by atoms with Crippen LogP contribution in [0.15, 0.2) is 18.2 Å². The molecular weight excluding hydrogens is 240 g/mol. The minimum atomic E-state index is 0.00993. The number of carbonyl (C=O) groups is 1. The van der Waals surface area contributed by atoms with E-state index in [-0.39, 0.29) is 18.1 Å². The van der Waals surface area contributed by atoms with Crippen LogP contribution in [0, 0.1) is 0 Å². The molecule has 2 aliphatic heterocycles. The lowest BCUT2D eigenvalue weighted by Crippen LogP contribution is -2.39. The first-order valence-corrected chi connectivity index (χ1v) is 6.99. The Labute approximate surface area is 113 Å². The molecule has 2 atom stereocenters. The summed E-state index contributed by atoms with van der Waals surface area (Å²) in [6.07, 6.45) is 2.06. The molecule has 1 saturated heterocycles. The highest BCUT2D eigenvalue weighted by molar-refractivity contribution is 5.94.